The fraction of sp³-hybridized carbons (Fsp3) is 0.455. The first-order valence-corrected chi connectivity index (χ1v) is 7.73. The van der Waals surface area contributed by atoms with Crippen LogP contribution in [0.25, 0.3) is 0 Å². The average Bonchev–Trinajstić information content (AvgIpc) is 2.76. The van der Waals surface area contributed by atoms with Crippen LogP contribution < -0.4 is 10.5 Å². The lowest BCUT2D eigenvalue weighted by Crippen LogP contribution is -2.42. The van der Waals surface area contributed by atoms with Gasteiger partial charge in [0.05, 0.1) is 4.99 Å². The van der Waals surface area contributed by atoms with Crippen molar-refractivity contribution in [1.29, 1.82) is 0 Å². The molecule has 1 aromatic heterocycles. The summed E-state index contributed by atoms with van der Waals surface area (Å²) in [7, 11) is -3.99. The minimum absolute atomic E-state index is 0.184. The van der Waals surface area contributed by atoms with Gasteiger partial charge in [0.15, 0.2) is 5.82 Å². The largest absolute Gasteiger partial charge is 0.393 e. The van der Waals surface area contributed by atoms with Crippen LogP contribution in [0, 0.1) is 11.7 Å². The fourth-order valence-electron chi connectivity index (χ4n) is 2.27. The van der Waals surface area contributed by atoms with Crippen LogP contribution in [-0.2, 0) is 10.0 Å². The van der Waals surface area contributed by atoms with Crippen LogP contribution in [0.2, 0.25) is 0 Å². The Morgan fingerprint density at radius 3 is 2.89 bits per heavy atom. The molecule has 19 heavy (non-hydrogen) atoms. The van der Waals surface area contributed by atoms with E-state index in [1.54, 1.807) is 0 Å². The van der Waals surface area contributed by atoms with E-state index in [1.807, 2.05) is 0 Å². The standard InChI is InChI=1S/C11H14FN3O2S2/c12-8-4-2-6-14-11(8)19(16,17)15-9-5-1-3-7(9)10(13)18/h2,4,6-7,9,15H,1,3,5H2,(H2,13,18). The van der Waals surface area contributed by atoms with Gasteiger partial charge in [0.2, 0.25) is 5.03 Å². The van der Waals surface area contributed by atoms with Crippen molar-refractivity contribution in [3.63, 3.8) is 0 Å². The van der Waals surface area contributed by atoms with Crippen molar-refractivity contribution in [3.05, 3.63) is 24.1 Å². The molecule has 1 aliphatic carbocycles. The van der Waals surface area contributed by atoms with Gasteiger partial charge in [0.25, 0.3) is 10.0 Å². The Labute approximate surface area is 116 Å². The molecule has 0 aliphatic heterocycles. The molecular formula is C11H14FN3O2S2. The molecule has 5 nitrogen and oxygen atoms in total. The zero-order valence-electron chi connectivity index (χ0n) is 10.0. The normalized spacial score (nSPS) is 23.4. The number of hydrogen-bond donors (Lipinski definition) is 2. The second-order valence-corrected chi connectivity index (χ2v) is 6.56. The number of nitrogens with zero attached hydrogens (tertiary/aromatic N) is 1. The molecule has 0 saturated heterocycles. The Hall–Kier alpha value is -1.12. The molecule has 0 radical (unpaired) electrons. The summed E-state index contributed by atoms with van der Waals surface area (Å²) < 4.78 is 40.1. The topological polar surface area (TPSA) is 85.1 Å². The van der Waals surface area contributed by atoms with Crippen LogP contribution in [0.5, 0.6) is 0 Å². The number of sulfonamides is 1. The molecule has 0 bridgehead atoms. The number of hydrogen-bond acceptors (Lipinski definition) is 4. The van der Waals surface area contributed by atoms with Gasteiger partial charge >= 0.3 is 0 Å². The maximum absolute atomic E-state index is 13.5. The van der Waals surface area contributed by atoms with Crippen molar-refractivity contribution in [2.24, 2.45) is 11.7 Å². The molecule has 1 fully saturated rings. The fourth-order valence-corrected chi connectivity index (χ4v) is 3.86. The summed E-state index contributed by atoms with van der Waals surface area (Å²) >= 11 is 4.92. The summed E-state index contributed by atoms with van der Waals surface area (Å²) in [6.07, 6.45) is 3.44. The number of thiocarbonyl (C=S) groups is 1. The van der Waals surface area contributed by atoms with Crippen molar-refractivity contribution in [3.8, 4) is 0 Å². The molecule has 1 saturated carbocycles. The molecule has 3 N–H and O–H groups in total. The zero-order valence-corrected chi connectivity index (χ0v) is 11.7. The number of pyridine rings is 1. The van der Waals surface area contributed by atoms with Gasteiger partial charge in [0.1, 0.15) is 0 Å². The van der Waals surface area contributed by atoms with Crippen molar-refractivity contribution in [2.45, 2.75) is 30.3 Å². The summed E-state index contributed by atoms with van der Waals surface area (Å²) in [4.78, 5) is 3.86. The third kappa shape index (κ3) is 3.07. The van der Waals surface area contributed by atoms with Crippen LogP contribution in [0.3, 0.4) is 0 Å². The first kappa shape index (κ1) is 14.3. The second-order valence-electron chi connectivity index (χ2n) is 4.46. The van der Waals surface area contributed by atoms with Crippen molar-refractivity contribution in [2.75, 3.05) is 0 Å². The maximum atomic E-state index is 13.5. The van der Waals surface area contributed by atoms with E-state index in [9.17, 15) is 12.8 Å². The summed E-state index contributed by atoms with van der Waals surface area (Å²) in [5, 5.41) is -0.594. The minimum Gasteiger partial charge on any atom is -0.393 e. The van der Waals surface area contributed by atoms with Crippen LogP contribution in [0.15, 0.2) is 23.4 Å². The minimum atomic E-state index is -3.99. The number of nitrogens with two attached hydrogens (primary N) is 1. The molecule has 1 aromatic rings. The Kier molecular flexibility index (Phi) is 4.12. The van der Waals surface area contributed by atoms with Crippen LogP contribution in [0.1, 0.15) is 19.3 Å². The lowest BCUT2D eigenvalue weighted by molar-refractivity contribution is 0.509. The number of aromatic nitrogens is 1. The first-order chi connectivity index (χ1) is 8.92. The highest BCUT2D eigenvalue weighted by molar-refractivity contribution is 7.89. The van der Waals surface area contributed by atoms with Gasteiger partial charge in [-0.2, -0.15) is 0 Å². The van der Waals surface area contributed by atoms with Crippen molar-refractivity contribution >= 4 is 27.2 Å². The predicted molar refractivity (Wildman–Crippen MR) is 72.4 cm³/mol. The van der Waals surface area contributed by atoms with Gasteiger partial charge in [-0.1, -0.05) is 18.6 Å². The molecule has 0 aromatic carbocycles. The van der Waals surface area contributed by atoms with Crippen LogP contribution in [-0.4, -0.2) is 24.4 Å². The van der Waals surface area contributed by atoms with Gasteiger partial charge in [-0.05, 0) is 25.0 Å². The quantitative estimate of drug-likeness (QED) is 0.809. The van der Waals surface area contributed by atoms with E-state index in [1.165, 1.54) is 12.3 Å². The Balaban J connectivity index is 2.23. The molecule has 2 atom stereocenters. The highest BCUT2D eigenvalue weighted by Crippen LogP contribution is 2.27. The Morgan fingerprint density at radius 2 is 2.26 bits per heavy atom. The molecule has 0 spiro atoms. The van der Waals surface area contributed by atoms with Crippen molar-refractivity contribution in [1.82, 2.24) is 9.71 Å². The van der Waals surface area contributed by atoms with Crippen LogP contribution >= 0.6 is 12.2 Å². The summed E-state index contributed by atoms with van der Waals surface area (Å²) in [5.41, 5.74) is 5.58. The van der Waals surface area contributed by atoms with Gasteiger partial charge in [0, 0.05) is 18.2 Å². The first-order valence-electron chi connectivity index (χ1n) is 5.84. The Morgan fingerprint density at radius 1 is 1.53 bits per heavy atom. The molecule has 2 rings (SSSR count). The third-order valence-corrected chi connectivity index (χ3v) is 4.89. The number of rotatable bonds is 4. The van der Waals surface area contributed by atoms with Gasteiger partial charge in [-0.25, -0.2) is 22.5 Å². The van der Waals surface area contributed by atoms with Gasteiger partial charge < -0.3 is 5.73 Å². The van der Waals surface area contributed by atoms with Gasteiger partial charge in [-0.15, -0.1) is 0 Å². The van der Waals surface area contributed by atoms with E-state index in [4.69, 9.17) is 18.0 Å². The maximum Gasteiger partial charge on any atom is 0.261 e. The average molecular weight is 303 g/mol. The van der Waals surface area contributed by atoms with Gasteiger partial charge in [-0.3, -0.25) is 0 Å². The van der Waals surface area contributed by atoms with E-state index in [2.05, 4.69) is 9.71 Å². The lowest BCUT2D eigenvalue weighted by Gasteiger charge is -2.19. The van der Waals surface area contributed by atoms with E-state index in [-0.39, 0.29) is 16.9 Å². The molecular weight excluding hydrogens is 289 g/mol. The summed E-state index contributed by atoms with van der Waals surface area (Å²) in [6.45, 7) is 0. The molecule has 0 amide bonds. The van der Waals surface area contributed by atoms with Crippen LogP contribution in [0.4, 0.5) is 4.39 Å². The Bertz CT molecular complexity index is 591. The number of halogens is 1. The third-order valence-electron chi connectivity index (χ3n) is 3.17. The molecule has 8 heteroatoms. The zero-order chi connectivity index (χ0) is 14.0. The van der Waals surface area contributed by atoms with E-state index in [0.29, 0.717) is 6.42 Å². The molecule has 1 heterocycles. The SMILES string of the molecule is NC(=S)C1CCCC1NS(=O)(=O)c1ncccc1F. The highest BCUT2D eigenvalue weighted by Gasteiger charge is 2.34. The molecule has 2 unspecified atom stereocenters. The number of nitrogens with one attached hydrogen (secondary N) is 1. The van der Waals surface area contributed by atoms with E-state index in [0.717, 1.165) is 18.9 Å². The predicted octanol–water partition coefficient (Wildman–Crippen LogP) is 0.954. The smallest absolute Gasteiger partial charge is 0.261 e. The monoisotopic (exact) mass is 303 g/mol. The van der Waals surface area contributed by atoms with E-state index < -0.39 is 20.9 Å². The molecule has 104 valence electrons. The van der Waals surface area contributed by atoms with E-state index >= 15 is 0 Å². The second kappa shape index (κ2) is 5.48. The summed E-state index contributed by atoms with van der Waals surface area (Å²) in [5.74, 6) is -1.06. The summed E-state index contributed by atoms with van der Waals surface area (Å²) in [6, 6.07) is 2.01. The lowest BCUT2D eigenvalue weighted by atomic mass is 10.1. The highest BCUT2D eigenvalue weighted by atomic mass is 32.2. The van der Waals surface area contributed by atoms with Crippen molar-refractivity contribution < 1.29 is 12.8 Å². The molecule has 1 aliphatic rings.